The molecule has 1 aliphatic carbocycles. The summed E-state index contributed by atoms with van der Waals surface area (Å²) in [4.78, 5) is 20.1. The molecule has 0 radical (unpaired) electrons. The lowest BCUT2D eigenvalue weighted by molar-refractivity contribution is -0.0369. The number of aromatic amines is 1. The summed E-state index contributed by atoms with van der Waals surface area (Å²) < 4.78 is 53.9. The van der Waals surface area contributed by atoms with Gasteiger partial charge >= 0.3 is 0 Å². The predicted octanol–water partition coefficient (Wildman–Crippen LogP) is 5.67. The Morgan fingerprint density at radius 1 is 1.11 bits per heavy atom. The number of nitrogens with one attached hydrogen (secondary N) is 1. The largest absolute Gasteiger partial charge is 0.394 e. The number of rotatable bonds is 3. The lowest BCUT2D eigenvalue weighted by Crippen LogP contribution is -2.19. The van der Waals surface area contributed by atoms with E-state index < -0.39 is 29.2 Å². The summed E-state index contributed by atoms with van der Waals surface area (Å²) in [7, 11) is 0. The predicted molar refractivity (Wildman–Crippen MR) is 134 cm³/mol. The Balaban J connectivity index is 1.62. The summed E-state index contributed by atoms with van der Waals surface area (Å²) >= 11 is 0. The van der Waals surface area contributed by atoms with Gasteiger partial charge in [-0.3, -0.25) is 9.78 Å². The van der Waals surface area contributed by atoms with Gasteiger partial charge in [0.25, 0.3) is 5.56 Å². The molecule has 1 aliphatic heterocycles. The SMILES string of the molecule is Nc1c(-c2cc(F)c(F)c3c2cnn3C2CCCCO2)c2c(F)c(C3CC3)c3ncccc3c2[nH]c1=O. The highest BCUT2D eigenvalue weighted by Crippen LogP contribution is 2.48. The molecule has 3 aromatic heterocycles. The summed E-state index contributed by atoms with van der Waals surface area (Å²) in [5, 5.41) is 5.14. The van der Waals surface area contributed by atoms with Gasteiger partial charge in [0.05, 0.1) is 17.2 Å². The van der Waals surface area contributed by atoms with Crippen molar-refractivity contribution in [2.24, 2.45) is 0 Å². The van der Waals surface area contributed by atoms with Crippen molar-refractivity contribution in [3.05, 3.63) is 64.0 Å². The van der Waals surface area contributed by atoms with Gasteiger partial charge in [-0.1, -0.05) is 0 Å². The minimum atomic E-state index is -1.15. The van der Waals surface area contributed by atoms with E-state index in [0.29, 0.717) is 29.5 Å². The number of pyridine rings is 2. The van der Waals surface area contributed by atoms with Crippen LogP contribution in [0, 0.1) is 17.5 Å². The van der Waals surface area contributed by atoms with Crippen LogP contribution in [0.1, 0.15) is 49.8 Å². The topological polar surface area (TPSA) is 98.8 Å². The maximum atomic E-state index is 16.4. The zero-order valence-electron chi connectivity index (χ0n) is 19.7. The van der Waals surface area contributed by atoms with Crippen LogP contribution in [-0.2, 0) is 4.74 Å². The second-order valence-corrected chi connectivity index (χ2v) is 9.79. The molecular weight excluding hydrogens is 483 g/mol. The van der Waals surface area contributed by atoms with Crippen molar-refractivity contribution in [3.8, 4) is 11.1 Å². The van der Waals surface area contributed by atoms with Gasteiger partial charge in [0.15, 0.2) is 17.9 Å². The van der Waals surface area contributed by atoms with Gasteiger partial charge in [-0.05, 0) is 61.8 Å². The molecule has 37 heavy (non-hydrogen) atoms. The van der Waals surface area contributed by atoms with Crippen molar-refractivity contribution in [2.75, 3.05) is 12.3 Å². The number of fused-ring (bicyclic) bond motifs is 4. The van der Waals surface area contributed by atoms with E-state index in [4.69, 9.17) is 10.5 Å². The third-order valence-electron chi connectivity index (χ3n) is 7.50. The molecule has 1 saturated heterocycles. The molecule has 2 aliphatic rings. The monoisotopic (exact) mass is 505 g/mol. The Bertz CT molecular complexity index is 1800. The van der Waals surface area contributed by atoms with E-state index >= 15 is 13.2 Å². The van der Waals surface area contributed by atoms with Gasteiger partial charge in [0.1, 0.15) is 17.0 Å². The van der Waals surface area contributed by atoms with E-state index in [1.54, 1.807) is 18.3 Å². The molecule has 2 fully saturated rings. The molecule has 0 bridgehead atoms. The Morgan fingerprint density at radius 2 is 1.95 bits per heavy atom. The minimum Gasteiger partial charge on any atom is -0.394 e. The molecule has 10 heteroatoms. The van der Waals surface area contributed by atoms with Crippen molar-refractivity contribution in [3.63, 3.8) is 0 Å². The number of benzene rings is 2. The van der Waals surface area contributed by atoms with Crippen molar-refractivity contribution >= 4 is 38.4 Å². The van der Waals surface area contributed by atoms with Gasteiger partial charge in [-0.25, -0.2) is 17.9 Å². The average Bonchev–Trinajstić information content (AvgIpc) is 3.64. The first-order chi connectivity index (χ1) is 18.0. The summed E-state index contributed by atoms with van der Waals surface area (Å²) in [5.74, 6) is -2.83. The number of aromatic nitrogens is 4. The van der Waals surface area contributed by atoms with E-state index in [2.05, 4.69) is 15.1 Å². The maximum Gasteiger partial charge on any atom is 0.272 e. The number of H-pyrrole nitrogens is 1. The van der Waals surface area contributed by atoms with Crippen LogP contribution in [0.25, 0.3) is 43.8 Å². The van der Waals surface area contributed by atoms with Crippen molar-refractivity contribution < 1.29 is 17.9 Å². The number of hydrogen-bond donors (Lipinski definition) is 2. The zero-order chi connectivity index (χ0) is 25.4. The molecule has 7 rings (SSSR count). The Kier molecular flexibility index (Phi) is 4.84. The first-order valence-electron chi connectivity index (χ1n) is 12.3. The second-order valence-electron chi connectivity index (χ2n) is 9.79. The molecular formula is C27H22F3N5O2. The summed E-state index contributed by atoms with van der Waals surface area (Å²) in [6.07, 6.45) is 6.36. The van der Waals surface area contributed by atoms with Crippen LogP contribution >= 0.6 is 0 Å². The number of anilines is 1. The Labute approximate surface area is 208 Å². The summed E-state index contributed by atoms with van der Waals surface area (Å²) in [6.45, 7) is 0.484. The zero-order valence-corrected chi connectivity index (χ0v) is 19.7. The van der Waals surface area contributed by atoms with Gasteiger partial charge in [-0.15, -0.1) is 0 Å². The number of halogens is 3. The molecule has 1 atom stereocenters. The van der Waals surface area contributed by atoms with Crippen LogP contribution in [0.5, 0.6) is 0 Å². The standard InChI is InChI=1S/C27H22F3N5O2/c28-16-10-14(15-11-33-35(26(15)21(16)29)17-5-1-2-9-37-17)19-20-22(30)18(12-6-7-12)24-13(4-3-8-32-24)25(20)34-27(36)23(19)31/h3-4,8,10-12,17H,1-2,5-7,9,31H2,(H,34,36). The van der Waals surface area contributed by atoms with Crippen LogP contribution in [0.3, 0.4) is 0 Å². The molecule has 1 saturated carbocycles. The van der Waals surface area contributed by atoms with Gasteiger partial charge in [0.2, 0.25) is 0 Å². The van der Waals surface area contributed by atoms with E-state index in [1.165, 1.54) is 10.9 Å². The maximum absolute atomic E-state index is 16.4. The van der Waals surface area contributed by atoms with Crippen molar-refractivity contribution in [1.82, 2.24) is 19.7 Å². The van der Waals surface area contributed by atoms with Crippen LogP contribution < -0.4 is 11.3 Å². The number of hydrogen-bond acceptors (Lipinski definition) is 5. The lowest BCUT2D eigenvalue weighted by atomic mass is 9.92. The highest BCUT2D eigenvalue weighted by atomic mass is 19.2. The lowest BCUT2D eigenvalue weighted by Gasteiger charge is -2.23. The smallest absolute Gasteiger partial charge is 0.272 e. The highest BCUT2D eigenvalue weighted by molar-refractivity contribution is 6.15. The number of ether oxygens (including phenoxy) is 1. The van der Waals surface area contributed by atoms with E-state index in [0.717, 1.165) is 31.7 Å². The van der Waals surface area contributed by atoms with E-state index in [1.807, 2.05) is 0 Å². The first kappa shape index (κ1) is 22.3. The third kappa shape index (κ3) is 3.21. The van der Waals surface area contributed by atoms with Crippen LogP contribution in [0.2, 0.25) is 0 Å². The first-order valence-corrected chi connectivity index (χ1v) is 12.3. The normalized spacial score (nSPS) is 18.3. The molecule has 5 aromatic rings. The van der Waals surface area contributed by atoms with Gasteiger partial charge < -0.3 is 15.5 Å². The Morgan fingerprint density at radius 3 is 2.70 bits per heavy atom. The highest BCUT2D eigenvalue weighted by Gasteiger charge is 2.33. The van der Waals surface area contributed by atoms with E-state index in [-0.39, 0.29) is 44.5 Å². The fourth-order valence-corrected chi connectivity index (χ4v) is 5.62. The fraction of sp³-hybridized carbons (Fsp3) is 0.296. The molecule has 188 valence electrons. The summed E-state index contributed by atoms with van der Waals surface area (Å²) in [5.41, 5.74) is 6.44. The van der Waals surface area contributed by atoms with Crippen LogP contribution in [-0.4, -0.2) is 26.4 Å². The Hall–Kier alpha value is -3.92. The molecule has 1 unspecified atom stereocenters. The number of nitrogens with two attached hydrogens (primary N) is 1. The minimum absolute atomic E-state index is 0.0110. The van der Waals surface area contributed by atoms with Crippen LogP contribution in [0.4, 0.5) is 18.9 Å². The molecule has 3 N–H and O–H groups in total. The number of nitrogens with zero attached hydrogens (tertiary/aromatic N) is 3. The average molecular weight is 506 g/mol. The van der Waals surface area contributed by atoms with Gasteiger partial charge in [-0.2, -0.15) is 5.10 Å². The molecule has 4 heterocycles. The second kappa shape index (κ2) is 8.04. The van der Waals surface area contributed by atoms with E-state index in [9.17, 15) is 4.79 Å². The summed E-state index contributed by atoms with van der Waals surface area (Å²) in [6, 6.07) is 4.42. The van der Waals surface area contributed by atoms with Crippen molar-refractivity contribution in [2.45, 2.75) is 44.2 Å². The number of nitrogen functional groups attached to an aromatic ring is 1. The molecule has 7 nitrogen and oxygen atoms in total. The van der Waals surface area contributed by atoms with Crippen molar-refractivity contribution in [1.29, 1.82) is 0 Å². The fourth-order valence-electron chi connectivity index (χ4n) is 5.62. The molecule has 0 spiro atoms. The van der Waals surface area contributed by atoms with Gasteiger partial charge in [0, 0.05) is 40.1 Å². The quantitative estimate of drug-likeness (QED) is 0.308. The van der Waals surface area contributed by atoms with Crippen LogP contribution in [0.15, 0.2) is 35.4 Å². The molecule has 2 aromatic carbocycles. The molecule has 0 amide bonds. The third-order valence-corrected chi connectivity index (χ3v) is 7.50.